The zero-order valence-corrected chi connectivity index (χ0v) is 11.7. The Labute approximate surface area is 110 Å². The van der Waals surface area contributed by atoms with Crippen molar-refractivity contribution in [3.63, 3.8) is 0 Å². The molecule has 0 bridgehead atoms. The quantitative estimate of drug-likeness (QED) is 0.678. The van der Waals surface area contributed by atoms with Crippen molar-refractivity contribution in [1.29, 1.82) is 0 Å². The van der Waals surface area contributed by atoms with Crippen LogP contribution in [0.4, 0.5) is 0 Å². The van der Waals surface area contributed by atoms with Gasteiger partial charge in [0.2, 0.25) is 0 Å². The van der Waals surface area contributed by atoms with E-state index in [9.17, 15) is 4.79 Å². The maximum atomic E-state index is 11.6. The van der Waals surface area contributed by atoms with Gasteiger partial charge in [0.15, 0.2) is 0 Å². The Hall–Kier alpha value is -0.610. The maximum Gasteiger partial charge on any atom is 0.322 e. The SMILES string of the molecule is CCCCC(NCCC1CCCCO1)C(=O)OC. The number of unbranched alkanes of at least 4 members (excludes halogenated alkanes) is 1. The number of methoxy groups -OCH3 is 1. The smallest absolute Gasteiger partial charge is 0.322 e. The summed E-state index contributed by atoms with van der Waals surface area (Å²) in [6, 6.07) is -0.154. The first kappa shape index (κ1) is 15.4. The molecule has 2 atom stereocenters. The minimum atomic E-state index is -0.154. The topological polar surface area (TPSA) is 47.6 Å². The lowest BCUT2D eigenvalue weighted by atomic mass is 10.1. The minimum Gasteiger partial charge on any atom is -0.468 e. The molecule has 106 valence electrons. The summed E-state index contributed by atoms with van der Waals surface area (Å²) in [5.74, 6) is -0.145. The summed E-state index contributed by atoms with van der Waals surface area (Å²) < 4.78 is 10.5. The third kappa shape index (κ3) is 5.83. The third-order valence-electron chi connectivity index (χ3n) is 3.46. The van der Waals surface area contributed by atoms with E-state index in [4.69, 9.17) is 9.47 Å². The normalized spacial score (nSPS) is 21.6. The highest BCUT2D eigenvalue weighted by Crippen LogP contribution is 2.15. The molecule has 1 aliphatic heterocycles. The molecule has 1 rings (SSSR count). The van der Waals surface area contributed by atoms with E-state index in [-0.39, 0.29) is 12.0 Å². The van der Waals surface area contributed by atoms with Crippen LogP contribution >= 0.6 is 0 Å². The Bertz CT molecular complexity index is 227. The van der Waals surface area contributed by atoms with Crippen molar-refractivity contribution in [3.8, 4) is 0 Å². The van der Waals surface area contributed by atoms with Crippen molar-refractivity contribution in [3.05, 3.63) is 0 Å². The molecule has 0 amide bonds. The molecule has 4 nitrogen and oxygen atoms in total. The number of rotatable bonds is 8. The summed E-state index contributed by atoms with van der Waals surface area (Å²) in [6.45, 7) is 3.85. The molecular formula is C14H27NO3. The Kier molecular flexibility index (Phi) is 8.01. The van der Waals surface area contributed by atoms with Crippen LogP contribution in [-0.2, 0) is 14.3 Å². The lowest BCUT2D eigenvalue weighted by molar-refractivity contribution is -0.143. The lowest BCUT2D eigenvalue weighted by Gasteiger charge is -2.23. The van der Waals surface area contributed by atoms with Crippen LogP contribution in [0.5, 0.6) is 0 Å². The van der Waals surface area contributed by atoms with E-state index in [0.717, 1.165) is 45.3 Å². The summed E-state index contributed by atoms with van der Waals surface area (Å²) in [5, 5.41) is 3.30. The minimum absolute atomic E-state index is 0.145. The number of hydrogen-bond acceptors (Lipinski definition) is 4. The van der Waals surface area contributed by atoms with Gasteiger partial charge < -0.3 is 14.8 Å². The van der Waals surface area contributed by atoms with E-state index in [0.29, 0.717) is 6.10 Å². The average molecular weight is 257 g/mol. The number of carbonyl (C=O) groups excluding carboxylic acids is 1. The Morgan fingerprint density at radius 3 is 2.94 bits per heavy atom. The van der Waals surface area contributed by atoms with E-state index in [1.807, 2.05) is 0 Å². The van der Waals surface area contributed by atoms with Crippen molar-refractivity contribution < 1.29 is 14.3 Å². The average Bonchev–Trinajstić information content (AvgIpc) is 2.43. The fourth-order valence-electron chi connectivity index (χ4n) is 2.31. The first-order valence-corrected chi connectivity index (χ1v) is 7.20. The molecule has 4 heteroatoms. The van der Waals surface area contributed by atoms with Crippen molar-refractivity contribution in [1.82, 2.24) is 5.32 Å². The molecule has 0 aliphatic carbocycles. The molecular weight excluding hydrogens is 230 g/mol. The van der Waals surface area contributed by atoms with Gasteiger partial charge in [0.25, 0.3) is 0 Å². The number of esters is 1. The number of carbonyl (C=O) groups is 1. The predicted octanol–water partition coefficient (Wildman–Crippen LogP) is 2.27. The molecule has 0 saturated carbocycles. The molecule has 1 saturated heterocycles. The van der Waals surface area contributed by atoms with Gasteiger partial charge in [-0.15, -0.1) is 0 Å². The highest BCUT2D eigenvalue weighted by atomic mass is 16.5. The first-order valence-electron chi connectivity index (χ1n) is 7.20. The van der Waals surface area contributed by atoms with E-state index >= 15 is 0 Å². The van der Waals surface area contributed by atoms with Crippen molar-refractivity contribution in [2.24, 2.45) is 0 Å². The van der Waals surface area contributed by atoms with Crippen LogP contribution in [0.25, 0.3) is 0 Å². The lowest BCUT2D eigenvalue weighted by Crippen LogP contribution is -2.39. The number of hydrogen-bond donors (Lipinski definition) is 1. The second-order valence-electron chi connectivity index (χ2n) is 4.95. The van der Waals surface area contributed by atoms with Crippen LogP contribution < -0.4 is 5.32 Å². The van der Waals surface area contributed by atoms with Crippen LogP contribution in [0, 0.1) is 0 Å². The molecule has 1 aliphatic rings. The number of ether oxygens (including phenoxy) is 2. The van der Waals surface area contributed by atoms with Gasteiger partial charge >= 0.3 is 5.97 Å². The highest BCUT2D eigenvalue weighted by Gasteiger charge is 2.19. The largest absolute Gasteiger partial charge is 0.468 e. The molecule has 0 aromatic carbocycles. The second-order valence-corrected chi connectivity index (χ2v) is 4.95. The van der Waals surface area contributed by atoms with Crippen LogP contribution in [0.1, 0.15) is 51.9 Å². The second kappa shape index (κ2) is 9.34. The van der Waals surface area contributed by atoms with Crippen LogP contribution in [-0.4, -0.2) is 38.4 Å². The Morgan fingerprint density at radius 1 is 1.50 bits per heavy atom. The van der Waals surface area contributed by atoms with Gasteiger partial charge in [-0.2, -0.15) is 0 Å². The van der Waals surface area contributed by atoms with Gasteiger partial charge in [0, 0.05) is 6.61 Å². The molecule has 0 radical (unpaired) electrons. The molecule has 18 heavy (non-hydrogen) atoms. The van der Waals surface area contributed by atoms with E-state index < -0.39 is 0 Å². The van der Waals surface area contributed by atoms with Crippen LogP contribution in [0.2, 0.25) is 0 Å². The predicted molar refractivity (Wildman–Crippen MR) is 71.5 cm³/mol. The zero-order chi connectivity index (χ0) is 13.2. The molecule has 2 unspecified atom stereocenters. The van der Waals surface area contributed by atoms with Crippen molar-refractivity contribution in [2.75, 3.05) is 20.3 Å². The van der Waals surface area contributed by atoms with Crippen LogP contribution in [0.3, 0.4) is 0 Å². The Morgan fingerprint density at radius 2 is 2.33 bits per heavy atom. The van der Waals surface area contributed by atoms with Gasteiger partial charge in [0.05, 0.1) is 13.2 Å². The molecule has 0 aromatic rings. The van der Waals surface area contributed by atoms with Crippen molar-refractivity contribution >= 4 is 5.97 Å². The summed E-state index contributed by atoms with van der Waals surface area (Å²) in [4.78, 5) is 11.6. The van der Waals surface area contributed by atoms with Gasteiger partial charge in [-0.05, 0) is 38.6 Å². The van der Waals surface area contributed by atoms with Gasteiger partial charge in [-0.25, -0.2) is 0 Å². The molecule has 1 N–H and O–H groups in total. The van der Waals surface area contributed by atoms with Gasteiger partial charge in [0.1, 0.15) is 6.04 Å². The number of nitrogens with one attached hydrogen (secondary N) is 1. The van der Waals surface area contributed by atoms with Gasteiger partial charge in [-0.1, -0.05) is 19.8 Å². The zero-order valence-electron chi connectivity index (χ0n) is 11.7. The van der Waals surface area contributed by atoms with E-state index in [1.165, 1.54) is 20.0 Å². The highest BCUT2D eigenvalue weighted by molar-refractivity contribution is 5.75. The van der Waals surface area contributed by atoms with Gasteiger partial charge in [-0.3, -0.25) is 4.79 Å². The fraction of sp³-hybridized carbons (Fsp3) is 0.929. The molecule has 1 fully saturated rings. The summed E-state index contributed by atoms with van der Waals surface area (Å²) >= 11 is 0. The van der Waals surface area contributed by atoms with Crippen molar-refractivity contribution in [2.45, 2.75) is 64.0 Å². The summed E-state index contributed by atoms with van der Waals surface area (Å²) in [7, 11) is 1.45. The van der Waals surface area contributed by atoms with E-state index in [2.05, 4.69) is 12.2 Å². The first-order chi connectivity index (χ1) is 8.77. The standard InChI is InChI=1S/C14H27NO3/c1-3-4-8-13(14(16)17-2)15-10-9-12-7-5-6-11-18-12/h12-13,15H,3-11H2,1-2H3. The fourth-order valence-corrected chi connectivity index (χ4v) is 2.31. The molecule has 0 aromatic heterocycles. The Balaban J connectivity index is 2.20. The molecule has 0 spiro atoms. The maximum absolute atomic E-state index is 11.6. The third-order valence-corrected chi connectivity index (χ3v) is 3.46. The summed E-state index contributed by atoms with van der Waals surface area (Å²) in [6.07, 6.45) is 7.96. The molecule has 1 heterocycles. The van der Waals surface area contributed by atoms with Crippen LogP contribution in [0.15, 0.2) is 0 Å². The van der Waals surface area contributed by atoms with E-state index in [1.54, 1.807) is 0 Å². The summed E-state index contributed by atoms with van der Waals surface area (Å²) in [5.41, 5.74) is 0. The monoisotopic (exact) mass is 257 g/mol.